The Morgan fingerprint density at radius 1 is 1.35 bits per heavy atom. The SMILES string of the molecule is c1cncc(CN2CCC3(CC2)C[C@@H](Nc2nccs2)CO3)c1. The summed E-state index contributed by atoms with van der Waals surface area (Å²) in [5.41, 5.74) is 1.36. The van der Waals surface area contributed by atoms with Gasteiger partial charge in [-0.15, -0.1) is 11.3 Å². The van der Waals surface area contributed by atoms with Gasteiger partial charge >= 0.3 is 0 Å². The van der Waals surface area contributed by atoms with E-state index in [2.05, 4.69) is 26.3 Å². The summed E-state index contributed by atoms with van der Waals surface area (Å²) in [6.45, 7) is 3.98. The molecule has 0 aliphatic carbocycles. The van der Waals surface area contributed by atoms with Gasteiger partial charge in [-0.2, -0.15) is 0 Å². The van der Waals surface area contributed by atoms with E-state index in [1.54, 1.807) is 11.3 Å². The molecule has 5 nitrogen and oxygen atoms in total. The second-order valence-electron chi connectivity index (χ2n) is 6.51. The van der Waals surface area contributed by atoms with Gasteiger partial charge in [0.1, 0.15) is 0 Å². The van der Waals surface area contributed by atoms with Crippen LogP contribution in [0.3, 0.4) is 0 Å². The number of hydrogen-bond acceptors (Lipinski definition) is 6. The molecule has 0 saturated carbocycles. The average molecular weight is 330 g/mol. The highest BCUT2D eigenvalue weighted by atomic mass is 32.1. The highest BCUT2D eigenvalue weighted by Gasteiger charge is 2.42. The summed E-state index contributed by atoms with van der Waals surface area (Å²) in [7, 11) is 0. The Labute approximate surface area is 140 Å². The fourth-order valence-corrected chi connectivity index (χ4v) is 4.23. The molecule has 2 saturated heterocycles. The zero-order valence-electron chi connectivity index (χ0n) is 13.1. The van der Waals surface area contributed by atoms with E-state index in [4.69, 9.17) is 4.74 Å². The molecule has 2 aliphatic rings. The van der Waals surface area contributed by atoms with Crippen LogP contribution < -0.4 is 5.32 Å². The average Bonchev–Trinajstić information content (AvgIpc) is 3.22. The van der Waals surface area contributed by atoms with Gasteiger partial charge in [0.2, 0.25) is 0 Å². The third-order valence-electron chi connectivity index (χ3n) is 4.87. The molecule has 4 rings (SSSR count). The second kappa shape index (κ2) is 6.55. The van der Waals surface area contributed by atoms with E-state index in [0.717, 1.165) is 50.6 Å². The van der Waals surface area contributed by atoms with Crippen molar-refractivity contribution in [2.24, 2.45) is 0 Å². The lowest BCUT2D eigenvalue weighted by molar-refractivity contribution is -0.0448. The minimum atomic E-state index is 0.0698. The number of piperidine rings is 1. The fraction of sp³-hybridized carbons (Fsp3) is 0.529. The Morgan fingerprint density at radius 2 is 2.26 bits per heavy atom. The summed E-state index contributed by atoms with van der Waals surface area (Å²) < 4.78 is 6.22. The molecule has 2 fully saturated rings. The molecule has 0 radical (unpaired) electrons. The van der Waals surface area contributed by atoms with E-state index in [1.165, 1.54) is 5.56 Å². The van der Waals surface area contributed by atoms with Crippen molar-refractivity contribution in [1.82, 2.24) is 14.9 Å². The molecule has 23 heavy (non-hydrogen) atoms. The smallest absolute Gasteiger partial charge is 0.182 e. The van der Waals surface area contributed by atoms with Crippen LogP contribution in [0.1, 0.15) is 24.8 Å². The Kier molecular flexibility index (Phi) is 4.29. The summed E-state index contributed by atoms with van der Waals surface area (Å²) in [6.07, 6.45) is 8.95. The number of likely N-dealkylation sites (tertiary alicyclic amines) is 1. The third kappa shape index (κ3) is 3.54. The highest BCUT2D eigenvalue weighted by Crippen LogP contribution is 2.37. The van der Waals surface area contributed by atoms with Crippen molar-refractivity contribution in [3.05, 3.63) is 41.7 Å². The topological polar surface area (TPSA) is 50.3 Å². The zero-order valence-corrected chi connectivity index (χ0v) is 14.0. The maximum absolute atomic E-state index is 6.22. The number of pyridine rings is 1. The number of rotatable bonds is 4. The number of thiazole rings is 1. The van der Waals surface area contributed by atoms with Gasteiger partial charge in [0.15, 0.2) is 5.13 Å². The van der Waals surface area contributed by atoms with Crippen molar-refractivity contribution in [3.8, 4) is 0 Å². The second-order valence-corrected chi connectivity index (χ2v) is 7.41. The first-order valence-electron chi connectivity index (χ1n) is 8.23. The molecule has 1 N–H and O–H groups in total. The Balaban J connectivity index is 1.29. The molecule has 1 atom stereocenters. The maximum atomic E-state index is 6.22. The first-order valence-corrected chi connectivity index (χ1v) is 9.11. The normalized spacial score (nSPS) is 24.1. The highest BCUT2D eigenvalue weighted by molar-refractivity contribution is 7.13. The number of ether oxygens (including phenoxy) is 1. The molecule has 4 heterocycles. The van der Waals surface area contributed by atoms with E-state index >= 15 is 0 Å². The van der Waals surface area contributed by atoms with E-state index in [-0.39, 0.29) is 5.60 Å². The summed E-state index contributed by atoms with van der Waals surface area (Å²) in [5.74, 6) is 0. The van der Waals surface area contributed by atoms with Crippen LogP contribution in [0.15, 0.2) is 36.1 Å². The summed E-state index contributed by atoms with van der Waals surface area (Å²) in [5, 5.41) is 6.51. The lowest BCUT2D eigenvalue weighted by atomic mass is 9.87. The van der Waals surface area contributed by atoms with Gasteiger partial charge in [-0.05, 0) is 30.9 Å². The summed E-state index contributed by atoms with van der Waals surface area (Å²) in [4.78, 5) is 11.0. The van der Waals surface area contributed by atoms with Gasteiger partial charge < -0.3 is 10.1 Å². The molecule has 0 aromatic carbocycles. The number of hydrogen-bond donors (Lipinski definition) is 1. The number of anilines is 1. The quantitative estimate of drug-likeness (QED) is 0.934. The standard InChI is InChI=1S/C17H22N4OS/c1-2-14(11-18-5-1)12-21-7-3-17(4-8-21)10-15(13-22-17)20-16-19-6-9-23-16/h1-2,5-6,9,11,15H,3-4,7-8,10,12-13H2,(H,19,20)/t15-/m1/s1. The van der Waals surface area contributed by atoms with Gasteiger partial charge in [-0.1, -0.05) is 6.07 Å². The maximum Gasteiger partial charge on any atom is 0.182 e. The Bertz CT molecular complexity index is 611. The molecule has 2 aliphatic heterocycles. The first kappa shape index (κ1) is 15.1. The van der Waals surface area contributed by atoms with Crippen LogP contribution in [-0.2, 0) is 11.3 Å². The lowest BCUT2D eigenvalue weighted by Gasteiger charge is -2.38. The minimum Gasteiger partial charge on any atom is -0.373 e. The molecule has 0 amide bonds. The van der Waals surface area contributed by atoms with Crippen LogP contribution in [0, 0.1) is 0 Å². The monoisotopic (exact) mass is 330 g/mol. The Hall–Kier alpha value is -1.50. The fourth-order valence-electron chi connectivity index (χ4n) is 3.62. The first-order chi connectivity index (χ1) is 11.3. The van der Waals surface area contributed by atoms with Gasteiger partial charge in [-0.25, -0.2) is 4.98 Å². The van der Waals surface area contributed by atoms with Crippen molar-refractivity contribution in [2.75, 3.05) is 25.0 Å². The van der Waals surface area contributed by atoms with Crippen LogP contribution in [0.25, 0.3) is 0 Å². The molecule has 0 bridgehead atoms. The van der Waals surface area contributed by atoms with Crippen molar-refractivity contribution in [3.63, 3.8) is 0 Å². The predicted molar refractivity (Wildman–Crippen MR) is 91.6 cm³/mol. The summed E-state index contributed by atoms with van der Waals surface area (Å²) in [6, 6.07) is 4.55. The molecule has 122 valence electrons. The van der Waals surface area contributed by atoms with Crippen LogP contribution >= 0.6 is 11.3 Å². The third-order valence-corrected chi connectivity index (χ3v) is 5.57. The molecular formula is C17H22N4OS. The van der Waals surface area contributed by atoms with E-state index in [0.29, 0.717) is 6.04 Å². The van der Waals surface area contributed by atoms with Crippen molar-refractivity contribution in [1.29, 1.82) is 0 Å². The predicted octanol–water partition coefficient (Wildman–Crippen LogP) is 2.77. The van der Waals surface area contributed by atoms with Crippen LogP contribution in [0.2, 0.25) is 0 Å². The molecular weight excluding hydrogens is 308 g/mol. The molecule has 2 aromatic rings. The van der Waals surface area contributed by atoms with Crippen molar-refractivity contribution in [2.45, 2.75) is 37.5 Å². The lowest BCUT2D eigenvalue weighted by Crippen LogP contribution is -2.44. The van der Waals surface area contributed by atoms with Gasteiger partial charge in [0.25, 0.3) is 0 Å². The van der Waals surface area contributed by atoms with Gasteiger partial charge in [0.05, 0.1) is 18.2 Å². The van der Waals surface area contributed by atoms with Crippen LogP contribution in [0.4, 0.5) is 5.13 Å². The van der Waals surface area contributed by atoms with Crippen LogP contribution in [0.5, 0.6) is 0 Å². The number of nitrogens with one attached hydrogen (secondary N) is 1. The van der Waals surface area contributed by atoms with Gasteiger partial charge in [-0.3, -0.25) is 9.88 Å². The molecule has 6 heteroatoms. The Morgan fingerprint density at radius 3 is 3.00 bits per heavy atom. The van der Waals surface area contributed by atoms with E-state index in [1.807, 2.05) is 30.0 Å². The zero-order chi connectivity index (χ0) is 15.5. The molecule has 1 spiro atoms. The molecule has 0 unspecified atom stereocenters. The molecule has 2 aromatic heterocycles. The van der Waals surface area contributed by atoms with Crippen molar-refractivity contribution >= 4 is 16.5 Å². The number of aromatic nitrogens is 2. The largest absolute Gasteiger partial charge is 0.373 e. The van der Waals surface area contributed by atoms with E-state index < -0.39 is 0 Å². The summed E-state index contributed by atoms with van der Waals surface area (Å²) >= 11 is 1.65. The van der Waals surface area contributed by atoms with Gasteiger partial charge in [0, 0.05) is 43.6 Å². The minimum absolute atomic E-state index is 0.0698. The van der Waals surface area contributed by atoms with E-state index in [9.17, 15) is 0 Å². The number of nitrogens with zero attached hydrogens (tertiary/aromatic N) is 3. The van der Waals surface area contributed by atoms with Crippen molar-refractivity contribution < 1.29 is 4.74 Å². The van der Waals surface area contributed by atoms with Crippen LogP contribution in [-0.4, -0.2) is 46.2 Å².